The Hall–Kier alpha value is -0.130. The van der Waals surface area contributed by atoms with E-state index in [9.17, 15) is 8.42 Å². The number of hydrogen-bond donors (Lipinski definition) is 1. The predicted octanol–water partition coefficient (Wildman–Crippen LogP) is 1.46. The monoisotopic (exact) mass is 265 g/mol. The molecule has 0 aliphatic rings. The number of ether oxygens (including phenoxy) is 1. The molecule has 0 aromatic rings. The van der Waals surface area contributed by atoms with Gasteiger partial charge in [0.2, 0.25) is 0 Å². The molecule has 0 aromatic carbocycles. The van der Waals surface area contributed by atoms with Crippen molar-refractivity contribution in [1.29, 1.82) is 0 Å². The molecular formula is C12H27NO3S. The quantitative estimate of drug-likeness (QED) is 0.675. The summed E-state index contributed by atoms with van der Waals surface area (Å²) in [7, 11) is -1.31. The van der Waals surface area contributed by atoms with Crippen LogP contribution in [0.15, 0.2) is 0 Å². The molecule has 0 rings (SSSR count). The van der Waals surface area contributed by atoms with E-state index in [1.165, 1.54) is 0 Å². The molecule has 0 bridgehead atoms. The third kappa shape index (κ3) is 7.01. The summed E-state index contributed by atoms with van der Waals surface area (Å²) in [4.78, 5) is 0. The van der Waals surface area contributed by atoms with Gasteiger partial charge in [-0.2, -0.15) is 0 Å². The molecule has 1 N–H and O–H groups in total. The van der Waals surface area contributed by atoms with Crippen LogP contribution in [0.4, 0.5) is 0 Å². The molecule has 0 amide bonds. The van der Waals surface area contributed by atoms with Gasteiger partial charge in [0.25, 0.3) is 0 Å². The van der Waals surface area contributed by atoms with E-state index >= 15 is 0 Å². The van der Waals surface area contributed by atoms with Gasteiger partial charge in [0.1, 0.15) is 0 Å². The van der Waals surface area contributed by atoms with Crippen molar-refractivity contribution in [2.45, 2.75) is 38.9 Å². The minimum atomic E-state index is -2.98. The van der Waals surface area contributed by atoms with Gasteiger partial charge < -0.3 is 10.1 Å². The summed E-state index contributed by atoms with van der Waals surface area (Å²) in [6.07, 6.45) is 0.708. The molecule has 0 heterocycles. The fourth-order valence-electron chi connectivity index (χ4n) is 1.29. The van der Waals surface area contributed by atoms with E-state index in [1.54, 1.807) is 27.9 Å². The van der Waals surface area contributed by atoms with Crippen LogP contribution in [0.3, 0.4) is 0 Å². The smallest absolute Gasteiger partial charge is 0.155 e. The summed E-state index contributed by atoms with van der Waals surface area (Å²) in [5.74, 6) is 0.632. The Morgan fingerprint density at radius 1 is 1.29 bits per heavy atom. The summed E-state index contributed by atoms with van der Waals surface area (Å²) in [5, 5.41) is 3.24. The van der Waals surface area contributed by atoms with Crippen LogP contribution in [0.5, 0.6) is 0 Å². The number of hydrogen-bond acceptors (Lipinski definition) is 4. The molecule has 5 heteroatoms. The number of nitrogens with one attached hydrogen (secondary N) is 1. The van der Waals surface area contributed by atoms with Crippen molar-refractivity contribution in [3.63, 3.8) is 0 Å². The Balaban J connectivity index is 3.88. The van der Waals surface area contributed by atoms with Crippen molar-refractivity contribution in [3.05, 3.63) is 0 Å². The van der Waals surface area contributed by atoms with Gasteiger partial charge in [-0.3, -0.25) is 0 Å². The zero-order chi connectivity index (χ0) is 13.5. The van der Waals surface area contributed by atoms with Gasteiger partial charge in [-0.1, -0.05) is 6.92 Å². The molecule has 0 aliphatic carbocycles. The van der Waals surface area contributed by atoms with Crippen molar-refractivity contribution in [2.75, 3.05) is 32.6 Å². The third-order valence-corrected chi connectivity index (χ3v) is 5.43. The summed E-state index contributed by atoms with van der Waals surface area (Å²) in [6, 6.07) is 0. The summed E-state index contributed by atoms with van der Waals surface area (Å²) in [6.45, 7) is 9.67. The Morgan fingerprint density at radius 2 is 1.88 bits per heavy atom. The van der Waals surface area contributed by atoms with E-state index in [-0.39, 0.29) is 5.75 Å². The van der Waals surface area contributed by atoms with Gasteiger partial charge in [0, 0.05) is 13.7 Å². The highest BCUT2D eigenvalue weighted by Crippen LogP contribution is 2.18. The first kappa shape index (κ1) is 16.9. The van der Waals surface area contributed by atoms with Crippen LogP contribution in [0.25, 0.3) is 0 Å². The summed E-state index contributed by atoms with van der Waals surface area (Å²) in [5.41, 5.74) is 0. The average Bonchev–Trinajstić information content (AvgIpc) is 2.20. The van der Waals surface area contributed by atoms with Crippen molar-refractivity contribution in [3.8, 4) is 0 Å². The van der Waals surface area contributed by atoms with Crippen LogP contribution in [0.2, 0.25) is 0 Å². The van der Waals surface area contributed by atoms with Crippen LogP contribution in [0.1, 0.15) is 34.1 Å². The zero-order valence-electron chi connectivity index (χ0n) is 11.7. The second-order valence-corrected chi connectivity index (χ2v) is 8.38. The Kier molecular flexibility index (Phi) is 7.28. The number of methoxy groups -OCH3 is 1. The molecule has 1 atom stereocenters. The normalized spacial score (nSPS) is 14.9. The van der Waals surface area contributed by atoms with E-state index in [1.807, 2.05) is 0 Å². The maximum atomic E-state index is 11.9. The lowest BCUT2D eigenvalue weighted by Gasteiger charge is -2.20. The SMILES string of the molecule is COCCNCC(C)CCS(=O)(=O)C(C)(C)C. The van der Waals surface area contributed by atoms with Crippen molar-refractivity contribution in [2.24, 2.45) is 5.92 Å². The molecule has 4 nitrogen and oxygen atoms in total. The molecule has 1 unspecified atom stereocenters. The van der Waals surface area contributed by atoms with E-state index in [4.69, 9.17) is 4.74 Å². The highest BCUT2D eigenvalue weighted by Gasteiger charge is 2.28. The fraction of sp³-hybridized carbons (Fsp3) is 1.00. The van der Waals surface area contributed by atoms with Gasteiger partial charge in [0.15, 0.2) is 9.84 Å². The number of rotatable bonds is 8. The molecule has 0 fully saturated rings. The van der Waals surface area contributed by atoms with Gasteiger partial charge >= 0.3 is 0 Å². The molecule has 0 saturated heterocycles. The topological polar surface area (TPSA) is 55.4 Å². The maximum absolute atomic E-state index is 11.9. The Labute approximate surface area is 106 Å². The molecule has 0 radical (unpaired) electrons. The molecule has 0 saturated carbocycles. The highest BCUT2D eigenvalue weighted by molar-refractivity contribution is 7.92. The summed E-state index contributed by atoms with van der Waals surface area (Å²) >= 11 is 0. The maximum Gasteiger partial charge on any atom is 0.155 e. The van der Waals surface area contributed by atoms with Crippen LogP contribution in [0, 0.1) is 5.92 Å². The average molecular weight is 265 g/mol. The first-order valence-corrected chi connectivity index (χ1v) is 7.78. The van der Waals surface area contributed by atoms with Crippen molar-refractivity contribution in [1.82, 2.24) is 5.32 Å². The summed E-state index contributed by atoms with van der Waals surface area (Å²) < 4.78 is 28.1. The largest absolute Gasteiger partial charge is 0.383 e. The molecule has 0 aromatic heterocycles. The van der Waals surface area contributed by atoms with Crippen LogP contribution < -0.4 is 5.32 Å². The lowest BCUT2D eigenvalue weighted by Crippen LogP contribution is -2.32. The second kappa shape index (κ2) is 7.34. The fourth-order valence-corrected chi connectivity index (χ4v) is 2.61. The third-order valence-electron chi connectivity index (χ3n) is 2.79. The van der Waals surface area contributed by atoms with Gasteiger partial charge in [-0.15, -0.1) is 0 Å². The standard InChI is InChI=1S/C12H27NO3S/c1-11(10-13-7-8-16-5)6-9-17(14,15)12(2,3)4/h11,13H,6-10H2,1-5H3. The predicted molar refractivity (Wildman–Crippen MR) is 72.1 cm³/mol. The molecule has 0 aliphatic heterocycles. The molecule has 0 spiro atoms. The van der Waals surface area contributed by atoms with Crippen molar-refractivity contribution >= 4 is 9.84 Å². The first-order valence-electron chi connectivity index (χ1n) is 6.12. The highest BCUT2D eigenvalue weighted by atomic mass is 32.2. The van der Waals surface area contributed by atoms with Crippen LogP contribution in [-0.2, 0) is 14.6 Å². The van der Waals surface area contributed by atoms with Gasteiger partial charge in [-0.25, -0.2) is 8.42 Å². The molecule has 17 heavy (non-hydrogen) atoms. The van der Waals surface area contributed by atoms with Crippen LogP contribution >= 0.6 is 0 Å². The lowest BCUT2D eigenvalue weighted by atomic mass is 10.1. The Morgan fingerprint density at radius 3 is 2.35 bits per heavy atom. The van der Waals surface area contributed by atoms with Gasteiger partial charge in [-0.05, 0) is 39.7 Å². The minimum Gasteiger partial charge on any atom is -0.383 e. The number of sulfone groups is 1. The van der Waals surface area contributed by atoms with Gasteiger partial charge in [0.05, 0.1) is 17.1 Å². The van der Waals surface area contributed by atoms with Crippen LogP contribution in [-0.4, -0.2) is 45.7 Å². The van der Waals surface area contributed by atoms with E-state index in [0.29, 0.717) is 18.9 Å². The second-order valence-electron chi connectivity index (χ2n) is 5.52. The molecular weight excluding hydrogens is 238 g/mol. The lowest BCUT2D eigenvalue weighted by molar-refractivity contribution is 0.198. The minimum absolute atomic E-state index is 0.267. The molecule has 104 valence electrons. The Bertz CT molecular complexity index is 293. The van der Waals surface area contributed by atoms with E-state index < -0.39 is 14.6 Å². The van der Waals surface area contributed by atoms with E-state index in [2.05, 4.69) is 12.2 Å². The van der Waals surface area contributed by atoms with Crippen molar-refractivity contribution < 1.29 is 13.2 Å². The zero-order valence-corrected chi connectivity index (χ0v) is 12.6. The van der Waals surface area contributed by atoms with E-state index in [0.717, 1.165) is 13.1 Å². The first-order chi connectivity index (χ1) is 7.70.